The molecule has 1 aliphatic rings. The van der Waals surface area contributed by atoms with E-state index in [4.69, 9.17) is 5.73 Å². The molecular weight excluding hydrogens is 157 g/mol. The highest BCUT2D eigenvalue weighted by Gasteiger charge is 2.06. The van der Waals surface area contributed by atoms with Crippen LogP contribution in [0.15, 0.2) is 29.3 Å². The SMILES string of the molecule is NC1=Nc2ccccc2PN1. The second-order valence-corrected chi connectivity index (χ2v) is 3.30. The highest BCUT2D eigenvalue weighted by Crippen LogP contribution is 2.19. The largest absolute Gasteiger partial charge is 0.369 e. The van der Waals surface area contributed by atoms with Gasteiger partial charge in [-0.15, -0.1) is 0 Å². The number of nitrogens with zero attached hydrogens (tertiary/aromatic N) is 1. The van der Waals surface area contributed by atoms with Crippen molar-refractivity contribution in [1.29, 1.82) is 0 Å². The molecule has 1 unspecified atom stereocenters. The smallest absolute Gasteiger partial charge is 0.197 e. The Hall–Kier alpha value is -1.08. The number of hydrogen-bond acceptors (Lipinski definition) is 3. The van der Waals surface area contributed by atoms with E-state index in [1.807, 2.05) is 18.2 Å². The fourth-order valence-electron chi connectivity index (χ4n) is 0.966. The fourth-order valence-corrected chi connectivity index (χ4v) is 1.73. The van der Waals surface area contributed by atoms with Crippen LogP contribution in [0.2, 0.25) is 0 Å². The number of aliphatic imine (C=N–C) groups is 1. The number of hydrogen-bond donors (Lipinski definition) is 2. The summed E-state index contributed by atoms with van der Waals surface area (Å²) in [5.74, 6) is 0.516. The van der Waals surface area contributed by atoms with Gasteiger partial charge >= 0.3 is 0 Å². The zero-order valence-corrected chi connectivity index (χ0v) is 6.83. The van der Waals surface area contributed by atoms with E-state index in [1.165, 1.54) is 5.30 Å². The first-order chi connectivity index (χ1) is 5.36. The van der Waals surface area contributed by atoms with Gasteiger partial charge in [-0.05, 0) is 6.07 Å². The molecule has 1 aromatic carbocycles. The van der Waals surface area contributed by atoms with Crippen LogP contribution in [0.1, 0.15) is 0 Å². The zero-order valence-electron chi connectivity index (χ0n) is 5.83. The van der Waals surface area contributed by atoms with Gasteiger partial charge in [0.25, 0.3) is 0 Å². The minimum Gasteiger partial charge on any atom is -0.369 e. The van der Waals surface area contributed by atoms with Crippen LogP contribution >= 0.6 is 8.73 Å². The van der Waals surface area contributed by atoms with Crippen LogP contribution in [-0.2, 0) is 0 Å². The number of para-hydroxylation sites is 1. The Morgan fingerprint density at radius 3 is 3.09 bits per heavy atom. The monoisotopic (exact) mass is 165 g/mol. The number of guanidine groups is 1. The first-order valence-corrected chi connectivity index (χ1v) is 4.31. The second-order valence-electron chi connectivity index (χ2n) is 2.26. The molecule has 1 heterocycles. The molecule has 1 aliphatic heterocycles. The highest BCUT2D eigenvalue weighted by atomic mass is 31.1. The lowest BCUT2D eigenvalue weighted by Crippen LogP contribution is -2.29. The van der Waals surface area contributed by atoms with Crippen LogP contribution in [0.3, 0.4) is 0 Å². The molecule has 0 spiro atoms. The van der Waals surface area contributed by atoms with Crippen molar-refractivity contribution < 1.29 is 0 Å². The van der Waals surface area contributed by atoms with Crippen LogP contribution in [-0.4, -0.2) is 5.96 Å². The molecule has 0 aliphatic carbocycles. The van der Waals surface area contributed by atoms with Crippen molar-refractivity contribution in [3.05, 3.63) is 24.3 Å². The van der Waals surface area contributed by atoms with Gasteiger partial charge in [0.2, 0.25) is 0 Å². The first-order valence-electron chi connectivity index (χ1n) is 3.31. The molecule has 0 saturated carbocycles. The molecule has 4 heteroatoms. The van der Waals surface area contributed by atoms with E-state index >= 15 is 0 Å². The third-order valence-electron chi connectivity index (χ3n) is 1.47. The minimum atomic E-state index is 0.516. The minimum absolute atomic E-state index is 0.516. The van der Waals surface area contributed by atoms with E-state index < -0.39 is 0 Å². The standard InChI is InChI=1S/C7H8N3P/c8-7-9-5-3-1-2-4-6(5)11-10-7/h1-4,11H,(H3,8,9,10). The maximum Gasteiger partial charge on any atom is 0.197 e. The van der Waals surface area contributed by atoms with E-state index in [-0.39, 0.29) is 0 Å². The predicted octanol–water partition coefficient (Wildman–Crippen LogP) is 0.455. The summed E-state index contributed by atoms with van der Waals surface area (Å²) in [5, 5.41) is 4.22. The molecule has 11 heavy (non-hydrogen) atoms. The first kappa shape index (κ1) is 6.62. The van der Waals surface area contributed by atoms with E-state index in [0.29, 0.717) is 14.7 Å². The van der Waals surface area contributed by atoms with Crippen LogP contribution in [0.25, 0.3) is 0 Å². The van der Waals surface area contributed by atoms with Gasteiger partial charge in [0.15, 0.2) is 5.96 Å². The predicted molar refractivity (Wildman–Crippen MR) is 48.8 cm³/mol. The Kier molecular flexibility index (Phi) is 1.51. The van der Waals surface area contributed by atoms with Crippen LogP contribution in [0.5, 0.6) is 0 Å². The molecule has 0 radical (unpaired) electrons. The Bertz CT molecular complexity index is 308. The lowest BCUT2D eigenvalue weighted by atomic mass is 10.3. The summed E-state index contributed by atoms with van der Waals surface area (Å²) in [4.78, 5) is 4.14. The number of benzene rings is 1. The van der Waals surface area contributed by atoms with Crippen LogP contribution in [0.4, 0.5) is 5.69 Å². The Morgan fingerprint density at radius 1 is 1.36 bits per heavy atom. The van der Waals surface area contributed by atoms with E-state index in [9.17, 15) is 0 Å². The second kappa shape index (κ2) is 2.51. The van der Waals surface area contributed by atoms with E-state index in [0.717, 1.165) is 5.69 Å². The molecule has 1 atom stereocenters. The van der Waals surface area contributed by atoms with Gasteiger partial charge in [-0.1, -0.05) is 18.2 Å². The fraction of sp³-hybridized carbons (Fsp3) is 0. The van der Waals surface area contributed by atoms with Crippen molar-refractivity contribution in [2.75, 3.05) is 0 Å². The van der Waals surface area contributed by atoms with Gasteiger partial charge in [0.1, 0.15) is 0 Å². The summed E-state index contributed by atoms with van der Waals surface area (Å²) >= 11 is 0. The van der Waals surface area contributed by atoms with Gasteiger partial charge in [0, 0.05) is 14.0 Å². The summed E-state index contributed by atoms with van der Waals surface area (Å²) in [6, 6.07) is 7.99. The molecule has 3 nitrogen and oxygen atoms in total. The third-order valence-corrected chi connectivity index (χ3v) is 2.54. The van der Waals surface area contributed by atoms with Gasteiger partial charge in [0.05, 0.1) is 5.69 Å². The maximum atomic E-state index is 5.50. The number of fused-ring (bicyclic) bond motifs is 1. The van der Waals surface area contributed by atoms with Gasteiger partial charge in [-0.3, -0.25) is 0 Å². The van der Waals surface area contributed by atoms with Gasteiger partial charge in [-0.2, -0.15) is 0 Å². The Morgan fingerprint density at radius 2 is 2.18 bits per heavy atom. The maximum absolute atomic E-state index is 5.50. The number of rotatable bonds is 0. The normalized spacial score (nSPS) is 16.9. The number of nitrogens with two attached hydrogens (primary N) is 1. The summed E-state index contributed by atoms with van der Waals surface area (Å²) in [6.45, 7) is 0. The highest BCUT2D eigenvalue weighted by molar-refractivity contribution is 7.46. The third kappa shape index (κ3) is 1.19. The summed E-state index contributed by atoms with van der Waals surface area (Å²) in [7, 11) is 0.547. The van der Waals surface area contributed by atoms with E-state index in [1.54, 1.807) is 0 Å². The molecule has 2 rings (SSSR count). The molecule has 1 aromatic rings. The molecule has 0 bridgehead atoms. The average molecular weight is 165 g/mol. The summed E-state index contributed by atoms with van der Waals surface area (Å²) in [5.41, 5.74) is 6.48. The zero-order chi connectivity index (χ0) is 7.68. The van der Waals surface area contributed by atoms with E-state index in [2.05, 4.69) is 16.1 Å². The molecule has 0 saturated heterocycles. The van der Waals surface area contributed by atoms with Crippen molar-refractivity contribution in [3.8, 4) is 0 Å². The summed E-state index contributed by atoms with van der Waals surface area (Å²) < 4.78 is 0. The Balaban J connectivity index is 2.51. The van der Waals surface area contributed by atoms with Crippen LogP contribution in [0, 0.1) is 0 Å². The summed E-state index contributed by atoms with van der Waals surface area (Å²) in [6.07, 6.45) is 0. The van der Waals surface area contributed by atoms with Gasteiger partial charge < -0.3 is 10.8 Å². The van der Waals surface area contributed by atoms with Crippen LogP contribution < -0.4 is 16.1 Å². The average Bonchev–Trinajstić information content (AvgIpc) is 2.04. The molecule has 0 aromatic heterocycles. The lowest BCUT2D eigenvalue weighted by molar-refractivity contribution is 1.34. The molecule has 0 fully saturated rings. The van der Waals surface area contributed by atoms with Crippen molar-refractivity contribution in [2.45, 2.75) is 0 Å². The van der Waals surface area contributed by atoms with Crippen molar-refractivity contribution in [3.63, 3.8) is 0 Å². The van der Waals surface area contributed by atoms with Gasteiger partial charge in [-0.25, -0.2) is 4.99 Å². The van der Waals surface area contributed by atoms with Crippen molar-refractivity contribution in [2.24, 2.45) is 10.7 Å². The molecule has 3 N–H and O–H groups in total. The molecular formula is C7H8N3P. The lowest BCUT2D eigenvalue weighted by Gasteiger charge is -2.13. The number of nitrogens with one attached hydrogen (secondary N) is 1. The molecule has 56 valence electrons. The van der Waals surface area contributed by atoms with Crippen molar-refractivity contribution >= 4 is 25.7 Å². The molecule has 0 amide bonds. The van der Waals surface area contributed by atoms with Crippen molar-refractivity contribution in [1.82, 2.24) is 5.09 Å². The quantitative estimate of drug-likeness (QED) is 0.548. The Labute approximate surface area is 66.5 Å². The topological polar surface area (TPSA) is 50.4 Å².